The van der Waals surface area contributed by atoms with Crippen molar-refractivity contribution in [2.75, 3.05) is 7.11 Å². The van der Waals surface area contributed by atoms with Gasteiger partial charge in [-0.15, -0.1) is 0 Å². The fourth-order valence-electron chi connectivity index (χ4n) is 1.76. The van der Waals surface area contributed by atoms with Gasteiger partial charge >= 0.3 is 5.97 Å². The zero-order valence-corrected chi connectivity index (χ0v) is 9.73. The summed E-state index contributed by atoms with van der Waals surface area (Å²) in [6, 6.07) is 0. The van der Waals surface area contributed by atoms with Crippen LogP contribution in [0.1, 0.15) is 47.5 Å². The van der Waals surface area contributed by atoms with Crippen LogP contribution in [-0.2, 0) is 9.53 Å². The summed E-state index contributed by atoms with van der Waals surface area (Å²) in [6.07, 6.45) is 1.69. The quantitative estimate of drug-likeness (QED) is 0.633. The molecule has 0 saturated heterocycles. The van der Waals surface area contributed by atoms with Crippen molar-refractivity contribution < 1.29 is 9.53 Å². The van der Waals surface area contributed by atoms with E-state index in [0.717, 1.165) is 12.8 Å². The molecule has 0 N–H and O–H groups in total. The van der Waals surface area contributed by atoms with E-state index < -0.39 is 0 Å². The summed E-state index contributed by atoms with van der Waals surface area (Å²) in [4.78, 5) is 11.5. The molecule has 0 aliphatic rings. The Morgan fingerprint density at radius 1 is 1.23 bits per heavy atom. The molecule has 0 aliphatic heterocycles. The van der Waals surface area contributed by atoms with Gasteiger partial charge in [-0.2, -0.15) is 0 Å². The van der Waals surface area contributed by atoms with E-state index in [4.69, 9.17) is 4.74 Å². The Morgan fingerprint density at radius 2 is 1.69 bits per heavy atom. The number of esters is 1. The van der Waals surface area contributed by atoms with Crippen LogP contribution < -0.4 is 0 Å². The number of methoxy groups -OCH3 is 1. The van der Waals surface area contributed by atoms with Crippen LogP contribution in [0.5, 0.6) is 0 Å². The molecule has 0 aromatic rings. The van der Waals surface area contributed by atoms with Crippen LogP contribution in [0.3, 0.4) is 0 Å². The molecule has 0 radical (unpaired) electrons. The largest absolute Gasteiger partial charge is 0.469 e. The second-order valence-corrected chi connectivity index (χ2v) is 5.14. The minimum atomic E-state index is -0.326. The summed E-state index contributed by atoms with van der Waals surface area (Å²) in [6.45, 7) is 10.4. The third kappa shape index (κ3) is 3.79. The van der Waals surface area contributed by atoms with Gasteiger partial charge in [-0.25, -0.2) is 0 Å². The van der Waals surface area contributed by atoms with Gasteiger partial charge in [0, 0.05) is 0 Å². The molecule has 2 nitrogen and oxygen atoms in total. The molecular weight excluding hydrogens is 164 g/mol. The average Bonchev–Trinajstić information content (AvgIpc) is 1.99. The molecule has 13 heavy (non-hydrogen) atoms. The first-order valence-electron chi connectivity index (χ1n) is 4.83. The Labute approximate surface area is 81.7 Å². The van der Waals surface area contributed by atoms with Crippen LogP contribution in [-0.4, -0.2) is 13.1 Å². The number of rotatable bonds is 3. The van der Waals surface area contributed by atoms with Gasteiger partial charge in [0.1, 0.15) is 0 Å². The van der Waals surface area contributed by atoms with Gasteiger partial charge in [-0.1, -0.05) is 27.7 Å². The first-order valence-corrected chi connectivity index (χ1v) is 4.83. The highest BCUT2D eigenvalue weighted by atomic mass is 16.5. The molecule has 0 aliphatic carbocycles. The predicted molar refractivity (Wildman–Crippen MR) is 54.5 cm³/mol. The smallest absolute Gasteiger partial charge is 0.311 e. The van der Waals surface area contributed by atoms with Gasteiger partial charge in [0.05, 0.1) is 12.5 Å². The lowest BCUT2D eigenvalue weighted by Gasteiger charge is -2.32. The second kappa shape index (κ2) is 4.12. The molecule has 0 saturated carbocycles. The van der Waals surface area contributed by atoms with Crippen molar-refractivity contribution >= 4 is 5.97 Å². The van der Waals surface area contributed by atoms with Crippen molar-refractivity contribution in [2.45, 2.75) is 47.5 Å². The Kier molecular flexibility index (Phi) is 3.95. The maximum atomic E-state index is 11.5. The third-order valence-corrected chi connectivity index (χ3v) is 2.38. The molecule has 0 rings (SSSR count). The molecule has 1 unspecified atom stereocenters. The fourth-order valence-corrected chi connectivity index (χ4v) is 1.76. The van der Waals surface area contributed by atoms with Crippen LogP contribution in [0, 0.1) is 10.8 Å². The van der Waals surface area contributed by atoms with E-state index in [2.05, 4.69) is 20.8 Å². The van der Waals surface area contributed by atoms with Gasteiger partial charge in [0.25, 0.3) is 0 Å². The summed E-state index contributed by atoms with van der Waals surface area (Å²) < 4.78 is 4.81. The highest BCUT2D eigenvalue weighted by Gasteiger charge is 2.36. The predicted octanol–water partition coefficient (Wildman–Crippen LogP) is 3.01. The van der Waals surface area contributed by atoms with Crippen molar-refractivity contribution in [1.29, 1.82) is 0 Å². The van der Waals surface area contributed by atoms with Crippen molar-refractivity contribution in [3.8, 4) is 0 Å². The maximum absolute atomic E-state index is 11.5. The zero-order valence-electron chi connectivity index (χ0n) is 9.73. The molecule has 0 aromatic heterocycles. The average molecular weight is 186 g/mol. The summed E-state index contributed by atoms with van der Waals surface area (Å²) in [5.74, 6) is -0.0927. The highest BCUT2D eigenvalue weighted by molar-refractivity contribution is 5.76. The topological polar surface area (TPSA) is 26.3 Å². The number of hydrogen-bond donors (Lipinski definition) is 0. The summed E-state index contributed by atoms with van der Waals surface area (Å²) in [7, 11) is 1.46. The lowest BCUT2D eigenvalue weighted by molar-refractivity contribution is -0.153. The van der Waals surface area contributed by atoms with Gasteiger partial charge in [0.15, 0.2) is 0 Å². The first-order chi connectivity index (χ1) is 5.75. The minimum Gasteiger partial charge on any atom is -0.469 e. The van der Waals surface area contributed by atoms with Crippen LogP contribution in [0.2, 0.25) is 0 Å². The van der Waals surface area contributed by atoms with Crippen molar-refractivity contribution in [3.05, 3.63) is 0 Å². The van der Waals surface area contributed by atoms with E-state index >= 15 is 0 Å². The first kappa shape index (κ1) is 12.5. The van der Waals surface area contributed by atoms with E-state index in [9.17, 15) is 4.79 Å². The van der Waals surface area contributed by atoms with Gasteiger partial charge < -0.3 is 4.74 Å². The Morgan fingerprint density at radius 3 is 1.92 bits per heavy atom. The summed E-state index contributed by atoms with van der Waals surface area (Å²) in [5, 5.41) is 0. The van der Waals surface area contributed by atoms with E-state index in [0.29, 0.717) is 0 Å². The molecule has 0 bridgehead atoms. The lowest BCUT2D eigenvalue weighted by atomic mass is 9.73. The standard InChI is InChI=1S/C11H22O2/c1-7-11(5,9(12)13-6)8-10(2,3)4/h7-8H2,1-6H3. The number of carbonyl (C=O) groups is 1. The number of hydrogen-bond acceptors (Lipinski definition) is 2. The van der Waals surface area contributed by atoms with Gasteiger partial charge in [-0.05, 0) is 25.2 Å². The summed E-state index contributed by atoms with van der Waals surface area (Å²) >= 11 is 0. The molecule has 0 fully saturated rings. The number of carbonyl (C=O) groups excluding carboxylic acids is 1. The van der Waals surface area contributed by atoms with Crippen LogP contribution in [0.4, 0.5) is 0 Å². The Balaban J connectivity index is 4.55. The summed E-state index contributed by atoms with van der Waals surface area (Å²) in [5.41, 5.74) is -0.161. The van der Waals surface area contributed by atoms with Crippen LogP contribution in [0.15, 0.2) is 0 Å². The molecule has 2 heteroatoms. The zero-order chi connectivity index (χ0) is 10.7. The third-order valence-electron chi connectivity index (χ3n) is 2.38. The fraction of sp³-hybridized carbons (Fsp3) is 0.909. The molecule has 1 atom stereocenters. The molecule has 0 aromatic carbocycles. The molecule has 0 amide bonds. The molecule has 78 valence electrons. The minimum absolute atomic E-state index is 0.0927. The highest BCUT2D eigenvalue weighted by Crippen LogP contribution is 2.36. The van der Waals surface area contributed by atoms with E-state index in [1.807, 2.05) is 13.8 Å². The van der Waals surface area contributed by atoms with Gasteiger partial charge in [-0.3, -0.25) is 4.79 Å². The SMILES string of the molecule is CCC(C)(CC(C)(C)C)C(=O)OC. The van der Waals surface area contributed by atoms with E-state index in [-0.39, 0.29) is 16.8 Å². The van der Waals surface area contributed by atoms with Crippen molar-refractivity contribution in [2.24, 2.45) is 10.8 Å². The van der Waals surface area contributed by atoms with Crippen molar-refractivity contribution in [1.82, 2.24) is 0 Å². The molecule has 0 spiro atoms. The molecular formula is C11H22O2. The maximum Gasteiger partial charge on any atom is 0.311 e. The van der Waals surface area contributed by atoms with E-state index in [1.165, 1.54) is 7.11 Å². The van der Waals surface area contributed by atoms with Crippen LogP contribution >= 0.6 is 0 Å². The normalized spacial score (nSPS) is 16.5. The number of ether oxygens (including phenoxy) is 1. The molecule has 0 heterocycles. The van der Waals surface area contributed by atoms with E-state index in [1.54, 1.807) is 0 Å². The lowest BCUT2D eigenvalue weighted by Crippen LogP contribution is -2.32. The Hall–Kier alpha value is -0.530. The van der Waals surface area contributed by atoms with Gasteiger partial charge in [0.2, 0.25) is 0 Å². The second-order valence-electron chi connectivity index (χ2n) is 5.14. The Bertz CT molecular complexity index is 179. The monoisotopic (exact) mass is 186 g/mol. The van der Waals surface area contributed by atoms with Crippen LogP contribution in [0.25, 0.3) is 0 Å². The van der Waals surface area contributed by atoms with Crippen molar-refractivity contribution in [3.63, 3.8) is 0 Å².